The van der Waals surface area contributed by atoms with Gasteiger partial charge >= 0.3 is 0 Å². The van der Waals surface area contributed by atoms with Gasteiger partial charge in [0.05, 0.1) is 6.54 Å². The van der Waals surface area contributed by atoms with Gasteiger partial charge in [-0.1, -0.05) is 23.4 Å². The zero-order valence-corrected chi connectivity index (χ0v) is 14.1. The van der Waals surface area contributed by atoms with Gasteiger partial charge in [-0.15, -0.1) is 0 Å². The van der Waals surface area contributed by atoms with Crippen molar-refractivity contribution in [3.63, 3.8) is 0 Å². The van der Waals surface area contributed by atoms with E-state index in [0.29, 0.717) is 24.7 Å². The number of nitrogens with one attached hydrogen (secondary N) is 1. The number of rotatable bonds is 6. The summed E-state index contributed by atoms with van der Waals surface area (Å²) in [6, 6.07) is 11.6. The van der Waals surface area contributed by atoms with Crippen LogP contribution in [0.3, 0.4) is 0 Å². The Labute approximate surface area is 150 Å². The molecule has 3 heterocycles. The molecule has 0 aliphatic carbocycles. The molecule has 1 aliphatic rings. The van der Waals surface area contributed by atoms with Crippen molar-refractivity contribution in [3.8, 4) is 17.1 Å². The molecule has 1 aliphatic heterocycles. The first-order valence-corrected chi connectivity index (χ1v) is 8.52. The van der Waals surface area contributed by atoms with Gasteiger partial charge in [0.25, 0.3) is 0 Å². The van der Waals surface area contributed by atoms with Crippen LogP contribution < -0.4 is 10.1 Å². The van der Waals surface area contributed by atoms with Crippen molar-refractivity contribution in [3.05, 3.63) is 60.2 Å². The van der Waals surface area contributed by atoms with Gasteiger partial charge in [-0.2, -0.15) is 4.98 Å². The number of carbonyl (C=O) groups excluding carboxylic acids is 1. The third-order valence-corrected chi connectivity index (χ3v) is 4.21. The minimum absolute atomic E-state index is 0.0157. The number of hydrogen-bond acceptors (Lipinski definition) is 6. The van der Waals surface area contributed by atoms with Crippen LogP contribution in [0.4, 0.5) is 0 Å². The van der Waals surface area contributed by atoms with Crippen LogP contribution in [0.1, 0.15) is 17.9 Å². The molecule has 7 heteroatoms. The van der Waals surface area contributed by atoms with E-state index in [-0.39, 0.29) is 18.4 Å². The standard InChI is InChI=1S/C19H18N4O3/c24-17(21-12-15-11-14-3-1-2-4-16(14)25-15)5-6-18-22-19(23-26-18)13-7-9-20-10-8-13/h1-4,7-10,15H,5-6,11-12H2,(H,21,24). The summed E-state index contributed by atoms with van der Waals surface area (Å²) in [5.41, 5.74) is 2.01. The summed E-state index contributed by atoms with van der Waals surface area (Å²) in [6.07, 6.45) is 4.82. The van der Waals surface area contributed by atoms with E-state index in [1.165, 1.54) is 5.56 Å². The summed E-state index contributed by atoms with van der Waals surface area (Å²) >= 11 is 0. The van der Waals surface area contributed by atoms with Crippen molar-refractivity contribution in [2.75, 3.05) is 6.54 Å². The van der Waals surface area contributed by atoms with Crippen LogP contribution in [-0.4, -0.2) is 33.7 Å². The van der Waals surface area contributed by atoms with Crippen LogP contribution >= 0.6 is 0 Å². The molecule has 0 radical (unpaired) electrons. The fourth-order valence-corrected chi connectivity index (χ4v) is 2.88. The highest BCUT2D eigenvalue weighted by Crippen LogP contribution is 2.27. The van der Waals surface area contributed by atoms with Gasteiger partial charge in [0.2, 0.25) is 17.6 Å². The Morgan fingerprint density at radius 3 is 2.88 bits per heavy atom. The maximum atomic E-state index is 12.1. The van der Waals surface area contributed by atoms with Crippen LogP contribution in [0.15, 0.2) is 53.3 Å². The molecule has 1 N–H and O–H groups in total. The topological polar surface area (TPSA) is 90.1 Å². The highest BCUT2D eigenvalue weighted by Gasteiger charge is 2.22. The summed E-state index contributed by atoms with van der Waals surface area (Å²) in [6.45, 7) is 0.486. The number of amides is 1. The summed E-state index contributed by atoms with van der Waals surface area (Å²) in [5.74, 6) is 1.78. The number of fused-ring (bicyclic) bond motifs is 1. The Hall–Kier alpha value is -3.22. The number of aromatic nitrogens is 3. The lowest BCUT2D eigenvalue weighted by molar-refractivity contribution is -0.121. The average Bonchev–Trinajstić information content (AvgIpc) is 3.32. The van der Waals surface area contributed by atoms with E-state index < -0.39 is 0 Å². The smallest absolute Gasteiger partial charge is 0.227 e. The molecular weight excluding hydrogens is 332 g/mol. The molecule has 4 rings (SSSR count). The van der Waals surface area contributed by atoms with E-state index >= 15 is 0 Å². The molecule has 1 amide bonds. The van der Waals surface area contributed by atoms with Crippen LogP contribution in [0, 0.1) is 0 Å². The Morgan fingerprint density at radius 1 is 1.19 bits per heavy atom. The average molecular weight is 350 g/mol. The van der Waals surface area contributed by atoms with E-state index in [2.05, 4.69) is 20.4 Å². The molecule has 0 bridgehead atoms. The normalized spacial score (nSPS) is 15.3. The van der Waals surface area contributed by atoms with Crippen molar-refractivity contribution in [2.24, 2.45) is 0 Å². The first-order valence-electron chi connectivity index (χ1n) is 8.52. The van der Waals surface area contributed by atoms with Crippen molar-refractivity contribution < 1.29 is 14.1 Å². The van der Waals surface area contributed by atoms with Crippen molar-refractivity contribution >= 4 is 5.91 Å². The number of para-hydroxylation sites is 1. The second kappa shape index (κ2) is 7.35. The Balaban J connectivity index is 1.23. The van der Waals surface area contributed by atoms with E-state index in [4.69, 9.17) is 9.26 Å². The highest BCUT2D eigenvalue weighted by atomic mass is 16.5. The van der Waals surface area contributed by atoms with E-state index in [0.717, 1.165) is 17.7 Å². The Morgan fingerprint density at radius 2 is 2.04 bits per heavy atom. The highest BCUT2D eigenvalue weighted by molar-refractivity contribution is 5.76. The Kier molecular flexibility index (Phi) is 4.59. The van der Waals surface area contributed by atoms with Crippen LogP contribution in [0.25, 0.3) is 11.4 Å². The van der Waals surface area contributed by atoms with E-state index in [9.17, 15) is 4.79 Å². The second-order valence-corrected chi connectivity index (χ2v) is 6.10. The first-order chi connectivity index (χ1) is 12.8. The van der Waals surface area contributed by atoms with Crippen molar-refractivity contribution in [1.82, 2.24) is 20.4 Å². The van der Waals surface area contributed by atoms with Crippen LogP contribution in [0.2, 0.25) is 0 Å². The number of aryl methyl sites for hydroxylation is 1. The number of carbonyl (C=O) groups is 1. The Bertz CT molecular complexity index is 870. The molecular formula is C19H18N4O3. The maximum absolute atomic E-state index is 12.1. The lowest BCUT2D eigenvalue weighted by Gasteiger charge is -2.11. The van der Waals surface area contributed by atoms with Crippen LogP contribution in [-0.2, 0) is 17.6 Å². The quantitative estimate of drug-likeness (QED) is 0.733. The SMILES string of the molecule is O=C(CCc1nc(-c2ccncc2)no1)NCC1Cc2ccccc2O1. The first kappa shape index (κ1) is 16.3. The number of ether oxygens (including phenoxy) is 1. The van der Waals surface area contributed by atoms with Gasteiger partial charge in [-0.25, -0.2) is 0 Å². The summed E-state index contributed by atoms with van der Waals surface area (Å²) < 4.78 is 11.0. The number of benzene rings is 1. The predicted octanol–water partition coefficient (Wildman–Crippen LogP) is 2.18. The molecule has 26 heavy (non-hydrogen) atoms. The van der Waals surface area contributed by atoms with E-state index in [1.807, 2.05) is 24.3 Å². The lowest BCUT2D eigenvalue weighted by atomic mass is 10.1. The van der Waals surface area contributed by atoms with Gasteiger partial charge in [0, 0.05) is 37.2 Å². The van der Waals surface area contributed by atoms with Crippen molar-refractivity contribution in [2.45, 2.75) is 25.4 Å². The number of hydrogen-bond donors (Lipinski definition) is 1. The molecule has 0 fully saturated rings. The fourth-order valence-electron chi connectivity index (χ4n) is 2.88. The molecule has 132 valence electrons. The van der Waals surface area contributed by atoms with Crippen molar-refractivity contribution in [1.29, 1.82) is 0 Å². The number of pyridine rings is 1. The molecule has 7 nitrogen and oxygen atoms in total. The van der Waals surface area contributed by atoms with Gasteiger partial charge in [-0.3, -0.25) is 9.78 Å². The second-order valence-electron chi connectivity index (χ2n) is 6.10. The lowest BCUT2D eigenvalue weighted by Crippen LogP contribution is -2.34. The summed E-state index contributed by atoms with van der Waals surface area (Å²) in [5, 5.41) is 6.84. The third-order valence-electron chi connectivity index (χ3n) is 4.21. The zero-order chi connectivity index (χ0) is 17.8. The molecule has 3 aromatic rings. The molecule has 1 unspecified atom stereocenters. The monoisotopic (exact) mass is 350 g/mol. The summed E-state index contributed by atoms with van der Waals surface area (Å²) in [7, 11) is 0. The molecule has 2 aromatic heterocycles. The minimum Gasteiger partial charge on any atom is -0.488 e. The fraction of sp³-hybridized carbons (Fsp3) is 0.263. The molecule has 0 spiro atoms. The zero-order valence-electron chi connectivity index (χ0n) is 14.1. The van der Waals surface area contributed by atoms with Gasteiger partial charge in [-0.05, 0) is 23.8 Å². The number of nitrogens with zero attached hydrogens (tertiary/aromatic N) is 3. The molecule has 0 saturated heterocycles. The third kappa shape index (κ3) is 3.72. The van der Waals surface area contributed by atoms with E-state index in [1.54, 1.807) is 24.5 Å². The van der Waals surface area contributed by atoms with Crippen LogP contribution in [0.5, 0.6) is 5.75 Å². The molecule has 1 aromatic carbocycles. The van der Waals surface area contributed by atoms with Gasteiger partial charge in [0.1, 0.15) is 11.9 Å². The largest absolute Gasteiger partial charge is 0.488 e. The predicted molar refractivity (Wildman–Crippen MR) is 93.4 cm³/mol. The molecule has 1 atom stereocenters. The minimum atomic E-state index is -0.0618. The van der Waals surface area contributed by atoms with Gasteiger partial charge < -0.3 is 14.6 Å². The summed E-state index contributed by atoms with van der Waals surface area (Å²) in [4.78, 5) is 20.3. The van der Waals surface area contributed by atoms with Gasteiger partial charge in [0.15, 0.2) is 0 Å². The maximum Gasteiger partial charge on any atom is 0.227 e. The molecule has 0 saturated carbocycles.